The fourth-order valence-corrected chi connectivity index (χ4v) is 5.22. The molecule has 2 atom stereocenters. The molecule has 0 bridgehead atoms. The average Bonchev–Trinajstić information content (AvgIpc) is 2.47. The number of benzene rings is 1. The summed E-state index contributed by atoms with van der Waals surface area (Å²) in [5, 5.41) is 2.01. The molecule has 2 heterocycles. The van der Waals surface area contributed by atoms with E-state index in [9.17, 15) is 13.2 Å². The summed E-state index contributed by atoms with van der Waals surface area (Å²) in [5.74, 6) is 0.477. The van der Waals surface area contributed by atoms with Gasteiger partial charge in [0.2, 0.25) is 5.91 Å². The summed E-state index contributed by atoms with van der Waals surface area (Å²) >= 11 is 3.41. The van der Waals surface area contributed by atoms with E-state index in [0.717, 1.165) is 22.2 Å². The summed E-state index contributed by atoms with van der Waals surface area (Å²) in [4.78, 5) is 12.4. The standard InChI is InChI=1S/C15H18BrNO4S/c16-10-4-5-13-11(9-10)12(6-7-21-13)17-15(18)14-3-1-2-8-22(14,19)20/h4-5,9,12,14H,1-3,6-8H2,(H,17,18)/t12-,14+/m0/s1. The third-order valence-electron chi connectivity index (χ3n) is 4.20. The molecule has 1 aromatic rings. The normalized spacial score (nSPS) is 26.6. The molecule has 0 unspecified atom stereocenters. The van der Waals surface area contributed by atoms with Crippen LogP contribution in [0.25, 0.3) is 0 Å². The Labute approximate surface area is 138 Å². The lowest BCUT2D eigenvalue weighted by molar-refractivity contribution is -0.121. The predicted octanol–water partition coefficient (Wildman–Crippen LogP) is 2.36. The van der Waals surface area contributed by atoms with Crippen molar-refractivity contribution in [2.24, 2.45) is 0 Å². The molecule has 1 N–H and O–H groups in total. The first-order valence-electron chi connectivity index (χ1n) is 7.41. The Morgan fingerprint density at radius 1 is 1.27 bits per heavy atom. The van der Waals surface area contributed by atoms with Crippen molar-refractivity contribution in [3.05, 3.63) is 28.2 Å². The van der Waals surface area contributed by atoms with Crippen molar-refractivity contribution >= 4 is 31.7 Å². The highest BCUT2D eigenvalue weighted by Crippen LogP contribution is 2.34. The molecule has 2 aliphatic heterocycles. The highest BCUT2D eigenvalue weighted by Gasteiger charge is 2.36. The molecule has 0 spiro atoms. The highest BCUT2D eigenvalue weighted by molar-refractivity contribution is 9.10. The molecule has 0 aromatic heterocycles. The van der Waals surface area contributed by atoms with Crippen LogP contribution in [0, 0.1) is 0 Å². The number of hydrogen-bond acceptors (Lipinski definition) is 4. The van der Waals surface area contributed by atoms with E-state index in [1.54, 1.807) is 0 Å². The van der Waals surface area contributed by atoms with Gasteiger partial charge in [-0.1, -0.05) is 22.4 Å². The Kier molecular flexibility index (Phi) is 4.45. The topological polar surface area (TPSA) is 72.5 Å². The summed E-state index contributed by atoms with van der Waals surface area (Å²) in [6, 6.07) is 5.45. The maximum absolute atomic E-state index is 12.4. The van der Waals surface area contributed by atoms with Crippen molar-refractivity contribution < 1.29 is 17.9 Å². The summed E-state index contributed by atoms with van der Waals surface area (Å²) in [5.41, 5.74) is 0.891. The van der Waals surface area contributed by atoms with E-state index < -0.39 is 15.1 Å². The molecule has 7 heteroatoms. The van der Waals surface area contributed by atoms with Crippen molar-refractivity contribution in [3.8, 4) is 5.75 Å². The van der Waals surface area contributed by atoms with Crippen molar-refractivity contribution in [2.75, 3.05) is 12.4 Å². The number of carbonyl (C=O) groups excluding carboxylic acids is 1. The van der Waals surface area contributed by atoms with Gasteiger partial charge >= 0.3 is 0 Å². The van der Waals surface area contributed by atoms with E-state index in [4.69, 9.17) is 4.74 Å². The first-order valence-corrected chi connectivity index (χ1v) is 9.92. The van der Waals surface area contributed by atoms with Crippen LogP contribution < -0.4 is 10.1 Å². The zero-order valence-electron chi connectivity index (χ0n) is 12.0. The first kappa shape index (κ1) is 15.8. The van der Waals surface area contributed by atoms with Crippen LogP contribution in [0.2, 0.25) is 0 Å². The van der Waals surface area contributed by atoms with Gasteiger partial charge in [0.25, 0.3) is 0 Å². The number of fused-ring (bicyclic) bond motifs is 1. The van der Waals surface area contributed by atoms with E-state index in [2.05, 4.69) is 21.2 Å². The van der Waals surface area contributed by atoms with Gasteiger partial charge in [0, 0.05) is 16.5 Å². The van der Waals surface area contributed by atoms with E-state index in [0.29, 0.717) is 25.9 Å². The molecule has 22 heavy (non-hydrogen) atoms. The lowest BCUT2D eigenvalue weighted by atomic mass is 10.00. The molecule has 1 amide bonds. The van der Waals surface area contributed by atoms with Gasteiger partial charge in [0.1, 0.15) is 11.0 Å². The van der Waals surface area contributed by atoms with Crippen LogP contribution in [0.3, 0.4) is 0 Å². The zero-order chi connectivity index (χ0) is 15.7. The van der Waals surface area contributed by atoms with Crippen LogP contribution in [-0.4, -0.2) is 31.9 Å². The lowest BCUT2D eigenvalue weighted by Crippen LogP contribution is -2.44. The SMILES string of the molecule is O=C(N[C@H]1CCOc2ccc(Br)cc21)[C@H]1CCCCS1(=O)=O. The molecule has 1 fully saturated rings. The summed E-state index contributed by atoms with van der Waals surface area (Å²) < 4.78 is 30.6. The predicted molar refractivity (Wildman–Crippen MR) is 86.6 cm³/mol. The minimum Gasteiger partial charge on any atom is -0.493 e. The smallest absolute Gasteiger partial charge is 0.238 e. The maximum atomic E-state index is 12.4. The molecule has 5 nitrogen and oxygen atoms in total. The minimum atomic E-state index is -3.31. The number of rotatable bonds is 2. The number of hydrogen-bond donors (Lipinski definition) is 1. The number of ether oxygens (including phenoxy) is 1. The van der Waals surface area contributed by atoms with Gasteiger partial charge in [-0.2, -0.15) is 0 Å². The summed E-state index contributed by atoms with van der Waals surface area (Å²) in [6.07, 6.45) is 2.50. The van der Waals surface area contributed by atoms with Gasteiger partial charge in [-0.25, -0.2) is 8.42 Å². The average molecular weight is 388 g/mol. The maximum Gasteiger partial charge on any atom is 0.238 e. The summed E-state index contributed by atoms with van der Waals surface area (Å²) in [7, 11) is -3.31. The molecule has 1 saturated heterocycles. The molecule has 0 aliphatic carbocycles. The van der Waals surface area contributed by atoms with Crippen LogP contribution in [0.4, 0.5) is 0 Å². The quantitative estimate of drug-likeness (QED) is 0.844. The molecule has 0 saturated carbocycles. The van der Waals surface area contributed by atoms with Gasteiger partial charge in [-0.3, -0.25) is 4.79 Å². The van der Waals surface area contributed by atoms with Crippen molar-refractivity contribution in [1.82, 2.24) is 5.32 Å². The zero-order valence-corrected chi connectivity index (χ0v) is 14.5. The van der Waals surface area contributed by atoms with Gasteiger partial charge in [-0.15, -0.1) is 0 Å². The Hall–Kier alpha value is -1.08. The van der Waals surface area contributed by atoms with E-state index in [1.165, 1.54) is 0 Å². The van der Waals surface area contributed by atoms with Gasteiger partial charge in [0.15, 0.2) is 9.84 Å². The first-order chi connectivity index (χ1) is 10.5. The number of sulfone groups is 1. The minimum absolute atomic E-state index is 0.112. The molecule has 2 aliphatic rings. The van der Waals surface area contributed by atoms with Crippen LogP contribution >= 0.6 is 15.9 Å². The monoisotopic (exact) mass is 387 g/mol. The van der Waals surface area contributed by atoms with Crippen LogP contribution in [0.5, 0.6) is 5.75 Å². The van der Waals surface area contributed by atoms with Crippen LogP contribution in [0.15, 0.2) is 22.7 Å². The van der Waals surface area contributed by atoms with Crippen molar-refractivity contribution in [2.45, 2.75) is 37.0 Å². The fourth-order valence-electron chi connectivity index (χ4n) is 3.03. The Morgan fingerprint density at radius 2 is 2.09 bits per heavy atom. The molecule has 120 valence electrons. The van der Waals surface area contributed by atoms with Gasteiger partial charge in [0.05, 0.1) is 18.4 Å². The van der Waals surface area contributed by atoms with Crippen LogP contribution in [-0.2, 0) is 14.6 Å². The van der Waals surface area contributed by atoms with Crippen molar-refractivity contribution in [3.63, 3.8) is 0 Å². The Morgan fingerprint density at radius 3 is 2.86 bits per heavy atom. The molecule has 3 rings (SSSR count). The second kappa shape index (κ2) is 6.20. The van der Waals surface area contributed by atoms with E-state index >= 15 is 0 Å². The summed E-state index contributed by atoms with van der Waals surface area (Å²) in [6.45, 7) is 0.511. The highest BCUT2D eigenvalue weighted by atomic mass is 79.9. The van der Waals surface area contributed by atoms with Gasteiger partial charge < -0.3 is 10.1 Å². The second-order valence-corrected chi connectivity index (χ2v) is 8.95. The largest absolute Gasteiger partial charge is 0.493 e. The number of amides is 1. The van der Waals surface area contributed by atoms with E-state index in [-0.39, 0.29) is 17.7 Å². The van der Waals surface area contributed by atoms with Crippen molar-refractivity contribution in [1.29, 1.82) is 0 Å². The van der Waals surface area contributed by atoms with Gasteiger partial charge in [-0.05, 0) is 31.0 Å². The number of halogens is 1. The Bertz CT molecular complexity index is 689. The number of nitrogens with one attached hydrogen (secondary N) is 1. The molecular formula is C15H18BrNO4S. The molecule has 1 aromatic carbocycles. The fraction of sp³-hybridized carbons (Fsp3) is 0.533. The Balaban J connectivity index is 1.79. The molecular weight excluding hydrogens is 370 g/mol. The van der Waals surface area contributed by atoms with E-state index in [1.807, 2.05) is 18.2 Å². The third kappa shape index (κ3) is 3.15. The number of carbonyl (C=O) groups is 1. The second-order valence-electron chi connectivity index (χ2n) is 5.73. The molecule has 0 radical (unpaired) electrons. The lowest BCUT2D eigenvalue weighted by Gasteiger charge is -2.29. The third-order valence-corrected chi connectivity index (χ3v) is 6.87. The van der Waals surface area contributed by atoms with Crippen LogP contribution in [0.1, 0.15) is 37.3 Å².